The number of nitriles is 1. The molecule has 0 bridgehead atoms. The van der Waals surface area contributed by atoms with Gasteiger partial charge in [0.25, 0.3) is 0 Å². The molecule has 0 aromatic heterocycles. The molecule has 0 aliphatic heterocycles. The summed E-state index contributed by atoms with van der Waals surface area (Å²) in [6, 6.07) is 2.58. The molecule has 1 nitrogen and oxygen atoms in total. The highest BCUT2D eigenvalue weighted by molar-refractivity contribution is 5.03. The Balaban J connectivity index is 3.38. The van der Waals surface area contributed by atoms with Crippen LogP contribution in [0.1, 0.15) is 157 Å². The van der Waals surface area contributed by atoms with E-state index in [1.807, 2.05) is 0 Å². The van der Waals surface area contributed by atoms with E-state index in [-0.39, 0.29) is 10.8 Å². The van der Waals surface area contributed by atoms with Gasteiger partial charge in [-0.05, 0) is 25.2 Å². The second-order valence-corrected chi connectivity index (χ2v) is 10.1. The van der Waals surface area contributed by atoms with Crippen LogP contribution in [0.2, 0.25) is 0 Å². The van der Waals surface area contributed by atoms with Crippen molar-refractivity contribution in [3.63, 3.8) is 0 Å². The molecule has 0 saturated heterocycles. The van der Waals surface area contributed by atoms with Crippen LogP contribution in [0.5, 0.6) is 0 Å². The van der Waals surface area contributed by atoms with Crippen LogP contribution in [0.3, 0.4) is 0 Å². The first-order valence-corrected chi connectivity index (χ1v) is 12.8. The van der Waals surface area contributed by atoms with E-state index in [0.29, 0.717) is 0 Å². The van der Waals surface area contributed by atoms with E-state index >= 15 is 0 Å². The molecule has 1 unspecified atom stereocenters. The highest BCUT2D eigenvalue weighted by Gasteiger charge is 2.39. The Morgan fingerprint density at radius 1 is 0.536 bits per heavy atom. The van der Waals surface area contributed by atoms with Crippen LogP contribution < -0.4 is 0 Å². The molecule has 0 heterocycles. The number of hydrogen-bond acceptors (Lipinski definition) is 1. The van der Waals surface area contributed by atoms with Gasteiger partial charge in [-0.2, -0.15) is 5.26 Å². The minimum absolute atomic E-state index is 0.131. The van der Waals surface area contributed by atoms with Crippen molar-refractivity contribution in [1.82, 2.24) is 0 Å². The van der Waals surface area contributed by atoms with Gasteiger partial charge in [-0.15, -0.1) is 0 Å². The van der Waals surface area contributed by atoms with Crippen molar-refractivity contribution >= 4 is 0 Å². The molecule has 0 aromatic carbocycles. The summed E-state index contributed by atoms with van der Waals surface area (Å²) in [6.45, 7) is 11.2. The van der Waals surface area contributed by atoms with Gasteiger partial charge in [0.1, 0.15) is 0 Å². The van der Waals surface area contributed by atoms with E-state index in [1.54, 1.807) is 0 Å². The molecule has 28 heavy (non-hydrogen) atoms. The zero-order valence-electron chi connectivity index (χ0n) is 20.4. The minimum atomic E-state index is -0.179. The predicted octanol–water partition coefficient (Wildman–Crippen LogP) is 9.99. The molecule has 0 radical (unpaired) electrons. The second kappa shape index (κ2) is 17.4. The van der Waals surface area contributed by atoms with Gasteiger partial charge in [0, 0.05) is 0 Å². The first-order valence-electron chi connectivity index (χ1n) is 12.8. The Morgan fingerprint density at radius 2 is 0.857 bits per heavy atom. The van der Waals surface area contributed by atoms with Crippen LogP contribution >= 0.6 is 0 Å². The quantitative estimate of drug-likeness (QED) is 0.189. The predicted molar refractivity (Wildman–Crippen MR) is 127 cm³/mol. The second-order valence-electron chi connectivity index (χ2n) is 10.1. The lowest BCUT2D eigenvalue weighted by atomic mass is 9.64. The lowest BCUT2D eigenvalue weighted by molar-refractivity contribution is 0.129. The lowest BCUT2D eigenvalue weighted by Crippen LogP contribution is -2.33. The molecule has 0 fully saturated rings. The zero-order chi connectivity index (χ0) is 21.1. The average Bonchev–Trinajstić information content (AvgIpc) is 2.69. The Kier molecular flexibility index (Phi) is 17.0. The van der Waals surface area contributed by atoms with Gasteiger partial charge in [-0.3, -0.25) is 0 Å². The Bertz CT molecular complexity index is 378. The number of nitrogens with zero attached hydrogens (tertiary/aromatic N) is 1. The molecule has 0 amide bonds. The van der Waals surface area contributed by atoms with Crippen LogP contribution in [0.4, 0.5) is 0 Å². The van der Waals surface area contributed by atoms with E-state index in [9.17, 15) is 5.26 Å². The summed E-state index contributed by atoms with van der Waals surface area (Å²) in [6.07, 6.45) is 26.3. The molecule has 166 valence electrons. The van der Waals surface area contributed by atoms with Gasteiger partial charge in [0.2, 0.25) is 0 Å². The van der Waals surface area contributed by atoms with Crippen LogP contribution in [0.15, 0.2) is 0 Å². The molecule has 0 saturated carbocycles. The van der Waals surface area contributed by atoms with Crippen LogP contribution in [-0.2, 0) is 0 Å². The van der Waals surface area contributed by atoms with Gasteiger partial charge >= 0.3 is 0 Å². The maximum atomic E-state index is 9.51. The largest absolute Gasteiger partial charge is 0.198 e. The fraction of sp³-hybridized carbons (Fsp3) is 0.963. The van der Waals surface area contributed by atoms with E-state index in [0.717, 1.165) is 6.42 Å². The summed E-state index contributed by atoms with van der Waals surface area (Å²) >= 11 is 0. The van der Waals surface area contributed by atoms with Crippen molar-refractivity contribution < 1.29 is 0 Å². The van der Waals surface area contributed by atoms with Crippen molar-refractivity contribution in [3.05, 3.63) is 0 Å². The summed E-state index contributed by atoms with van der Waals surface area (Å²) in [4.78, 5) is 0. The van der Waals surface area contributed by atoms with Gasteiger partial charge in [-0.25, -0.2) is 0 Å². The summed E-state index contributed by atoms with van der Waals surface area (Å²) in [7, 11) is 0. The van der Waals surface area contributed by atoms with Crippen LogP contribution in [-0.4, -0.2) is 0 Å². The smallest absolute Gasteiger partial charge is 0.0692 e. The SMILES string of the molecule is CCCCCCCCCCCCCCCCCCCC(C)(C)C(C)(C#N)CC. The van der Waals surface area contributed by atoms with Gasteiger partial charge in [0.05, 0.1) is 11.5 Å². The Labute approximate surface area is 179 Å². The molecule has 1 heteroatoms. The summed E-state index contributed by atoms with van der Waals surface area (Å²) in [5.74, 6) is 0. The molecule has 0 aliphatic carbocycles. The standard InChI is InChI=1S/C27H53N/c1-6-8-9-10-11-12-13-14-15-16-17-18-19-20-21-22-23-24-26(3,4)27(5,7-2)25-28/h6-24H2,1-5H3. The molecule has 0 spiro atoms. The molecule has 1 atom stereocenters. The lowest BCUT2D eigenvalue weighted by Gasteiger charge is -2.38. The summed E-state index contributed by atoms with van der Waals surface area (Å²) in [5, 5.41) is 9.51. The molecular formula is C27H53N. The third-order valence-corrected chi connectivity index (χ3v) is 7.35. The van der Waals surface area contributed by atoms with Crippen molar-refractivity contribution in [2.45, 2.75) is 157 Å². The molecular weight excluding hydrogens is 338 g/mol. The topological polar surface area (TPSA) is 23.8 Å². The van der Waals surface area contributed by atoms with Crippen LogP contribution in [0, 0.1) is 22.2 Å². The number of hydrogen-bond donors (Lipinski definition) is 0. The summed E-state index contributed by atoms with van der Waals surface area (Å²) < 4.78 is 0. The normalized spacial score (nSPS) is 14.0. The molecule has 0 rings (SSSR count). The minimum Gasteiger partial charge on any atom is -0.198 e. The Morgan fingerprint density at radius 3 is 1.14 bits per heavy atom. The monoisotopic (exact) mass is 391 g/mol. The van der Waals surface area contributed by atoms with Gasteiger partial charge in [0.15, 0.2) is 0 Å². The van der Waals surface area contributed by atoms with Crippen molar-refractivity contribution in [2.24, 2.45) is 10.8 Å². The molecule has 0 N–H and O–H groups in total. The average molecular weight is 392 g/mol. The maximum Gasteiger partial charge on any atom is 0.0692 e. The molecule has 0 aliphatic rings. The fourth-order valence-electron chi connectivity index (χ4n) is 4.28. The maximum absolute atomic E-state index is 9.51. The first kappa shape index (κ1) is 27.5. The highest BCUT2D eigenvalue weighted by Crippen LogP contribution is 2.44. The van der Waals surface area contributed by atoms with E-state index in [1.165, 1.54) is 116 Å². The van der Waals surface area contributed by atoms with E-state index < -0.39 is 0 Å². The van der Waals surface area contributed by atoms with Crippen LogP contribution in [0.25, 0.3) is 0 Å². The fourth-order valence-corrected chi connectivity index (χ4v) is 4.28. The van der Waals surface area contributed by atoms with Gasteiger partial charge in [-0.1, -0.05) is 137 Å². The Hall–Kier alpha value is -0.510. The van der Waals surface area contributed by atoms with Crippen molar-refractivity contribution in [3.8, 4) is 6.07 Å². The zero-order valence-corrected chi connectivity index (χ0v) is 20.4. The number of rotatable bonds is 20. The first-order chi connectivity index (χ1) is 13.4. The highest BCUT2D eigenvalue weighted by atomic mass is 14.4. The number of unbranched alkanes of at least 4 members (excludes halogenated alkanes) is 16. The van der Waals surface area contributed by atoms with Crippen molar-refractivity contribution in [1.29, 1.82) is 5.26 Å². The van der Waals surface area contributed by atoms with E-state index in [2.05, 4.69) is 40.7 Å². The summed E-state index contributed by atoms with van der Waals surface area (Å²) in [5.41, 5.74) is -0.0476. The third-order valence-electron chi connectivity index (χ3n) is 7.35. The van der Waals surface area contributed by atoms with Gasteiger partial charge < -0.3 is 0 Å². The third kappa shape index (κ3) is 12.9. The van der Waals surface area contributed by atoms with E-state index in [4.69, 9.17) is 0 Å². The molecule has 0 aromatic rings. The van der Waals surface area contributed by atoms with Crippen molar-refractivity contribution in [2.75, 3.05) is 0 Å².